The number of hydrogen-bond acceptors (Lipinski definition) is 1. The molecule has 0 spiro atoms. The van der Waals surface area contributed by atoms with Gasteiger partial charge in [-0.1, -0.05) is 0 Å². The van der Waals surface area contributed by atoms with Crippen molar-refractivity contribution >= 4 is 3.21 Å². The molecular weight excluding hydrogens is 587 g/mol. The van der Waals surface area contributed by atoms with Crippen molar-refractivity contribution in [1.82, 2.24) is 0 Å². The molecule has 1 nitrogen and oxygen atoms in total. The van der Waals surface area contributed by atoms with Gasteiger partial charge in [0.25, 0.3) is 0 Å². The van der Waals surface area contributed by atoms with Gasteiger partial charge in [0.1, 0.15) is 0 Å². The monoisotopic (exact) mass is 614 g/mol. The molecule has 0 saturated carbocycles. The molecule has 0 amide bonds. The molecule has 190 valence electrons. The van der Waals surface area contributed by atoms with Crippen molar-refractivity contribution in [2.45, 2.75) is 23.9 Å². The van der Waals surface area contributed by atoms with Gasteiger partial charge in [-0.2, -0.15) is 0 Å². The summed E-state index contributed by atoms with van der Waals surface area (Å²) in [6.45, 7) is 4.59. The fourth-order valence-corrected chi connectivity index (χ4v) is 15.4. The van der Waals surface area contributed by atoms with Gasteiger partial charge in [0.05, 0.1) is 0 Å². The van der Waals surface area contributed by atoms with Gasteiger partial charge >= 0.3 is 223 Å². The smallest absolute Gasteiger partial charge is 1.00 e. The molecule has 38 heavy (non-hydrogen) atoms. The standard InChI is InChI=1S/C14H11O.C13H10.C7H9.2ClH.Zr/c1-15-12-6-7-14-11(9-12)8-10-4-2-3-5-13(10)14;1-3-7-12(8-4-1)11-13-9-5-2-6-10-13;1-6-4-3-5-7(6)2;;;/h2-9H,1H3;1-10H;4H,5H2,1-2H3;2*1H;/q;;;;;+2/p-2. The SMILES string of the molecule is COc1ccc2c(c1)[CH]([Zr+2]([C]1=CC(C)=C(C)C1)=[C](c1ccccc1)c1ccccc1)c1ccccc1-2.[Cl-].[Cl-]. The van der Waals surface area contributed by atoms with E-state index in [0.717, 1.165) is 12.2 Å². The van der Waals surface area contributed by atoms with Crippen LogP contribution < -0.4 is 29.6 Å². The average molecular weight is 617 g/mol. The second-order valence-electron chi connectivity index (χ2n) is 9.80. The molecule has 4 aromatic rings. The Balaban J connectivity index is 0.00000168. The first-order chi connectivity index (χ1) is 17.7. The summed E-state index contributed by atoms with van der Waals surface area (Å²) in [6, 6.07) is 38.1. The van der Waals surface area contributed by atoms with Gasteiger partial charge < -0.3 is 24.8 Å². The quantitative estimate of drug-likeness (QED) is 0.335. The fraction of sp³-hybridized carbons (Fsp3) is 0.147. The molecule has 0 fully saturated rings. The van der Waals surface area contributed by atoms with E-state index in [1.54, 1.807) is 13.6 Å². The largest absolute Gasteiger partial charge is 1.00 e. The number of benzene rings is 4. The third-order valence-electron chi connectivity index (χ3n) is 7.68. The van der Waals surface area contributed by atoms with E-state index in [1.807, 2.05) is 0 Å². The van der Waals surface area contributed by atoms with Gasteiger partial charge in [-0.15, -0.1) is 0 Å². The van der Waals surface area contributed by atoms with E-state index < -0.39 is 21.3 Å². The van der Waals surface area contributed by atoms with Crippen LogP contribution in [0.3, 0.4) is 0 Å². The molecule has 1 atom stereocenters. The summed E-state index contributed by atoms with van der Waals surface area (Å²) in [7, 11) is 1.78. The molecule has 0 aromatic heterocycles. The zero-order valence-electron chi connectivity index (χ0n) is 21.8. The molecule has 2 aliphatic carbocycles. The predicted molar refractivity (Wildman–Crippen MR) is 147 cm³/mol. The predicted octanol–water partition coefficient (Wildman–Crippen LogP) is 2.28. The van der Waals surface area contributed by atoms with Crippen molar-refractivity contribution in [2.75, 3.05) is 7.11 Å². The summed E-state index contributed by atoms with van der Waals surface area (Å²) in [6.07, 6.45) is 3.64. The van der Waals surface area contributed by atoms with Crippen LogP contribution in [0.5, 0.6) is 5.75 Å². The average Bonchev–Trinajstić information content (AvgIpc) is 3.43. The number of hydrogen-bond donors (Lipinski definition) is 0. The van der Waals surface area contributed by atoms with E-state index in [0.29, 0.717) is 3.63 Å². The van der Waals surface area contributed by atoms with Crippen molar-refractivity contribution in [3.05, 3.63) is 146 Å². The van der Waals surface area contributed by atoms with E-state index in [-0.39, 0.29) is 24.8 Å². The summed E-state index contributed by atoms with van der Waals surface area (Å²) in [4.78, 5) is 0. The minimum Gasteiger partial charge on any atom is -1.00 e. The van der Waals surface area contributed by atoms with Gasteiger partial charge in [0, 0.05) is 0 Å². The van der Waals surface area contributed by atoms with Crippen LogP contribution in [0.4, 0.5) is 0 Å². The number of rotatable bonds is 5. The molecule has 4 aromatic carbocycles. The third kappa shape index (κ3) is 5.07. The Morgan fingerprint density at radius 3 is 1.87 bits per heavy atom. The Hall–Kier alpha value is -2.51. The maximum Gasteiger partial charge on any atom is -1.00 e. The zero-order valence-corrected chi connectivity index (χ0v) is 25.8. The molecular formula is C34H30Cl2OZr. The summed E-state index contributed by atoms with van der Waals surface area (Å²) in [5, 5.41) is 0. The Morgan fingerprint density at radius 1 is 0.711 bits per heavy atom. The first kappa shape index (κ1) is 28.5. The van der Waals surface area contributed by atoms with Gasteiger partial charge in [0.15, 0.2) is 0 Å². The van der Waals surface area contributed by atoms with E-state index in [9.17, 15) is 0 Å². The molecule has 0 radical (unpaired) electrons. The number of methoxy groups -OCH3 is 1. The topological polar surface area (TPSA) is 9.23 Å². The van der Waals surface area contributed by atoms with Crippen molar-refractivity contribution in [1.29, 1.82) is 0 Å². The second kappa shape index (κ2) is 12.1. The van der Waals surface area contributed by atoms with Gasteiger partial charge in [0.2, 0.25) is 0 Å². The van der Waals surface area contributed by atoms with Gasteiger partial charge in [-0.3, -0.25) is 0 Å². The maximum absolute atomic E-state index is 5.75. The second-order valence-corrected chi connectivity index (χ2v) is 16.1. The normalized spacial score (nSPS) is 14.8. The Labute approximate surface area is 246 Å². The summed E-state index contributed by atoms with van der Waals surface area (Å²) >= 11 is -2.64. The van der Waals surface area contributed by atoms with Crippen LogP contribution in [0.2, 0.25) is 0 Å². The van der Waals surface area contributed by atoms with E-state index in [1.165, 1.54) is 44.5 Å². The molecule has 4 heteroatoms. The third-order valence-corrected chi connectivity index (χ3v) is 15.9. The molecule has 0 bridgehead atoms. The van der Waals surface area contributed by atoms with Crippen LogP contribution in [0.15, 0.2) is 124 Å². The number of fused-ring (bicyclic) bond motifs is 3. The minimum atomic E-state index is -2.64. The summed E-state index contributed by atoms with van der Waals surface area (Å²) < 4.78 is 9.42. The fourth-order valence-electron chi connectivity index (χ4n) is 5.84. The zero-order chi connectivity index (χ0) is 24.6. The maximum atomic E-state index is 5.75. The Kier molecular flexibility index (Phi) is 9.09. The van der Waals surface area contributed by atoms with E-state index >= 15 is 0 Å². The van der Waals surface area contributed by atoms with Crippen molar-refractivity contribution in [3.63, 3.8) is 0 Å². The Morgan fingerprint density at radius 2 is 1.29 bits per heavy atom. The summed E-state index contributed by atoms with van der Waals surface area (Å²) in [5.74, 6) is 0.946. The van der Waals surface area contributed by atoms with Crippen LogP contribution in [0.1, 0.15) is 46.1 Å². The molecule has 0 saturated heterocycles. The van der Waals surface area contributed by atoms with Crippen LogP contribution in [-0.4, -0.2) is 10.3 Å². The van der Waals surface area contributed by atoms with Gasteiger partial charge in [-0.05, 0) is 0 Å². The van der Waals surface area contributed by atoms with Crippen molar-refractivity contribution in [3.8, 4) is 16.9 Å². The molecule has 0 aliphatic heterocycles. The van der Waals surface area contributed by atoms with Crippen molar-refractivity contribution in [2.24, 2.45) is 0 Å². The van der Waals surface area contributed by atoms with Crippen LogP contribution >= 0.6 is 0 Å². The molecule has 0 heterocycles. The number of ether oxygens (including phenoxy) is 1. The van der Waals surface area contributed by atoms with Crippen LogP contribution in [0.25, 0.3) is 11.1 Å². The molecule has 1 unspecified atom stereocenters. The molecule has 0 N–H and O–H groups in total. The first-order valence-electron chi connectivity index (χ1n) is 12.6. The van der Waals surface area contributed by atoms with Crippen LogP contribution in [0, 0.1) is 0 Å². The van der Waals surface area contributed by atoms with Crippen molar-refractivity contribution < 1.29 is 50.8 Å². The van der Waals surface area contributed by atoms with E-state index in [2.05, 4.69) is 123 Å². The van der Waals surface area contributed by atoms with Crippen LogP contribution in [-0.2, 0) is 21.3 Å². The number of halogens is 2. The summed E-state index contributed by atoms with van der Waals surface area (Å²) in [5.41, 5.74) is 11.4. The minimum absolute atomic E-state index is 0. The Bertz CT molecular complexity index is 1510. The van der Waals surface area contributed by atoms with Gasteiger partial charge in [-0.25, -0.2) is 0 Å². The first-order valence-corrected chi connectivity index (χ1v) is 16.5. The van der Waals surface area contributed by atoms with E-state index in [4.69, 9.17) is 4.74 Å². The number of allylic oxidation sites excluding steroid dienone is 4. The molecule has 2 aliphatic rings. The molecule has 6 rings (SSSR count).